The van der Waals surface area contributed by atoms with Crippen molar-refractivity contribution in [3.63, 3.8) is 0 Å². The molecule has 1 rings (SSSR count). The van der Waals surface area contributed by atoms with E-state index in [9.17, 15) is 8.42 Å². The minimum Gasteiger partial charge on any atom is -0.396 e. The van der Waals surface area contributed by atoms with Crippen LogP contribution in [0, 0.1) is 6.92 Å². The molecule has 0 aliphatic heterocycles. The Balaban J connectivity index is 2.80. The predicted octanol–water partition coefficient (Wildman–Crippen LogP) is 1.77. The van der Waals surface area contributed by atoms with Crippen LogP contribution in [0.25, 0.3) is 0 Å². The number of aryl methyl sites for hydroxylation is 1. The lowest BCUT2D eigenvalue weighted by Gasteiger charge is -2.10. The molecule has 0 heterocycles. The number of aliphatic hydroxyl groups is 1. The van der Waals surface area contributed by atoms with Gasteiger partial charge in [0.1, 0.15) is 0 Å². The van der Waals surface area contributed by atoms with E-state index in [0.29, 0.717) is 10.7 Å². The molecule has 6 heteroatoms. The molecule has 1 aromatic carbocycles. The Labute approximate surface area is 100 Å². The fraction of sp³-hybridized carbons (Fsp3) is 0.400. The zero-order chi connectivity index (χ0) is 12.2. The fourth-order valence-electron chi connectivity index (χ4n) is 1.21. The Bertz CT molecular complexity index is 459. The van der Waals surface area contributed by atoms with Gasteiger partial charge in [-0.05, 0) is 37.1 Å². The van der Waals surface area contributed by atoms with Gasteiger partial charge in [0.15, 0.2) is 0 Å². The number of hydrogen-bond donors (Lipinski definition) is 2. The van der Waals surface area contributed by atoms with Gasteiger partial charge in [-0.15, -0.1) is 0 Å². The van der Waals surface area contributed by atoms with Crippen LogP contribution in [0.2, 0.25) is 5.02 Å². The smallest absolute Gasteiger partial charge is 0.232 e. The van der Waals surface area contributed by atoms with Gasteiger partial charge in [0, 0.05) is 11.6 Å². The highest BCUT2D eigenvalue weighted by atomic mass is 35.5. The zero-order valence-electron chi connectivity index (χ0n) is 8.90. The maximum absolute atomic E-state index is 11.5. The number of sulfonamides is 1. The molecular weight excluding hydrogens is 250 g/mol. The lowest BCUT2D eigenvalue weighted by atomic mass is 10.2. The van der Waals surface area contributed by atoms with E-state index in [2.05, 4.69) is 4.72 Å². The van der Waals surface area contributed by atoms with Gasteiger partial charge in [0.2, 0.25) is 10.0 Å². The van der Waals surface area contributed by atoms with Gasteiger partial charge < -0.3 is 5.11 Å². The van der Waals surface area contributed by atoms with Crippen LogP contribution in [0.3, 0.4) is 0 Å². The molecule has 2 N–H and O–H groups in total. The molecule has 0 atom stereocenters. The molecule has 0 spiro atoms. The molecule has 1 aromatic rings. The average Bonchev–Trinajstić information content (AvgIpc) is 2.19. The summed E-state index contributed by atoms with van der Waals surface area (Å²) in [5.41, 5.74) is 1.28. The van der Waals surface area contributed by atoms with Crippen molar-refractivity contribution in [2.75, 3.05) is 17.1 Å². The number of benzene rings is 1. The molecule has 0 unspecified atom stereocenters. The molecule has 0 aliphatic carbocycles. The summed E-state index contributed by atoms with van der Waals surface area (Å²) in [7, 11) is -3.39. The second-order valence-electron chi connectivity index (χ2n) is 3.46. The monoisotopic (exact) mass is 263 g/mol. The first kappa shape index (κ1) is 13.3. The summed E-state index contributed by atoms with van der Waals surface area (Å²) in [6.45, 7) is 1.64. The van der Waals surface area contributed by atoms with Gasteiger partial charge in [0.25, 0.3) is 0 Å². The van der Waals surface area contributed by atoms with E-state index in [4.69, 9.17) is 16.7 Å². The molecule has 0 aromatic heterocycles. The summed E-state index contributed by atoms with van der Waals surface area (Å²) in [6, 6.07) is 4.93. The Morgan fingerprint density at radius 3 is 2.69 bits per heavy atom. The van der Waals surface area contributed by atoms with Crippen LogP contribution in [0.4, 0.5) is 5.69 Å². The first-order valence-corrected chi connectivity index (χ1v) is 6.85. The largest absolute Gasteiger partial charge is 0.396 e. The number of halogens is 1. The summed E-state index contributed by atoms with van der Waals surface area (Å²) in [5.74, 6) is -0.0917. The fourth-order valence-corrected chi connectivity index (χ4v) is 2.62. The Hall–Kier alpha value is -0.780. The molecule has 90 valence electrons. The third kappa shape index (κ3) is 4.00. The lowest BCUT2D eigenvalue weighted by Crippen LogP contribution is -2.18. The molecule has 16 heavy (non-hydrogen) atoms. The topological polar surface area (TPSA) is 66.4 Å². The van der Waals surface area contributed by atoms with E-state index in [1.807, 2.05) is 0 Å². The van der Waals surface area contributed by atoms with E-state index < -0.39 is 10.0 Å². The van der Waals surface area contributed by atoms with E-state index in [1.165, 1.54) is 0 Å². The minimum atomic E-state index is -3.39. The molecular formula is C10H14ClNO3S. The molecule has 0 aliphatic rings. The molecule has 0 bridgehead atoms. The third-order valence-corrected chi connectivity index (χ3v) is 3.62. The van der Waals surface area contributed by atoms with Crippen molar-refractivity contribution in [3.8, 4) is 0 Å². The average molecular weight is 264 g/mol. The van der Waals surface area contributed by atoms with Crippen LogP contribution in [0.1, 0.15) is 12.0 Å². The van der Waals surface area contributed by atoms with Crippen molar-refractivity contribution in [1.82, 2.24) is 0 Å². The van der Waals surface area contributed by atoms with Crippen molar-refractivity contribution in [3.05, 3.63) is 28.8 Å². The Kier molecular flexibility index (Phi) is 4.58. The number of rotatable bonds is 5. The van der Waals surface area contributed by atoms with Crippen LogP contribution < -0.4 is 4.72 Å². The molecule has 0 saturated heterocycles. The van der Waals surface area contributed by atoms with E-state index in [1.54, 1.807) is 25.1 Å². The first-order valence-electron chi connectivity index (χ1n) is 4.82. The lowest BCUT2D eigenvalue weighted by molar-refractivity contribution is 0.295. The number of aliphatic hydroxyl groups excluding tert-OH is 1. The second kappa shape index (κ2) is 5.52. The van der Waals surface area contributed by atoms with Crippen LogP contribution in [0.15, 0.2) is 18.2 Å². The van der Waals surface area contributed by atoms with Gasteiger partial charge >= 0.3 is 0 Å². The quantitative estimate of drug-likeness (QED) is 0.851. The van der Waals surface area contributed by atoms with Gasteiger partial charge in [0.05, 0.1) is 11.4 Å². The highest BCUT2D eigenvalue weighted by Gasteiger charge is 2.11. The Morgan fingerprint density at radius 2 is 2.12 bits per heavy atom. The second-order valence-corrected chi connectivity index (χ2v) is 5.74. The van der Waals surface area contributed by atoms with Crippen molar-refractivity contribution in [2.45, 2.75) is 13.3 Å². The zero-order valence-corrected chi connectivity index (χ0v) is 10.5. The summed E-state index contributed by atoms with van der Waals surface area (Å²) >= 11 is 5.76. The highest BCUT2D eigenvalue weighted by molar-refractivity contribution is 7.92. The standard InChI is InChI=1S/C10H14ClNO3S/c1-8-7-9(11)3-4-10(8)12-16(14,15)6-2-5-13/h3-4,7,12-13H,2,5-6H2,1H3. The van der Waals surface area contributed by atoms with Crippen LogP contribution in [-0.2, 0) is 10.0 Å². The Morgan fingerprint density at radius 1 is 1.44 bits per heavy atom. The van der Waals surface area contributed by atoms with Gasteiger partial charge in [-0.25, -0.2) is 8.42 Å². The maximum Gasteiger partial charge on any atom is 0.232 e. The van der Waals surface area contributed by atoms with Crippen molar-refractivity contribution >= 4 is 27.3 Å². The van der Waals surface area contributed by atoms with Crippen molar-refractivity contribution in [1.29, 1.82) is 0 Å². The SMILES string of the molecule is Cc1cc(Cl)ccc1NS(=O)(=O)CCCO. The summed E-state index contributed by atoms with van der Waals surface area (Å²) in [6.07, 6.45) is 0.224. The maximum atomic E-state index is 11.5. The van der Waals surface area contributed by atoms with Crippen molar-refractivity contribution in [2.24, 2.45) is 0 Å². The molecule has 0 amide bonds. The number of hydrogen-bond acceptors (Lipinski definition) is 3. The highest BCUT2D eigenvalue weighted by Crippen LogP contribution is 2.20. The minimum absolute atomic E-state index is 0.0917. The van der Waals surface area contributed by atoms with E-state index in [0.717, 1.165) is 5.56 Å². The molecule has 4 nitrogen and oxygen atoms in total. The molecule has 0 radical (unpaired) electrons. The first-order chi connectivity index (χ1) is 7.44. The van der Waals surface area contributed by atoms with Crippen LogP contribution >= 0.6 is 11.6 Å². The van der Waals surface area contributed by atoms with Gasteiger partial charge in [-0.1, -0.05) is 11.6 Å². The number of anilines is 1. The summed E-state index contributed by atoms with van der Waals surface area (Å²) < 4.78 is 25.5. The number of nitrogens with one attached hydrogen (secondary N) is 1. The van der Waals surface area contributed by atoms with Crippen LogP contribution in [-0.4, -0.2) is 25.9 Å². The van der Waals surface area contributed by atoms with Crippen LogP contribution in [0.5, 0.6) is 0 Å². The predicted molar refractivity (Wildman–Crippen MR) is 65.3 cm³/mol. The normalized spacial score (nSPS) is 11.4. The molecule has 0 saturated carbocycles. The van der Waals surface area contributed by atoms with E-state index in [-0.39, 0.29) is 18.8 Å². The summed E-state index contributed by atoms with van der Waals surface area (Å²) in [5, 5.41) is 9.14. The summed E-state index contributed by atoms with van der Waals surface area (Å²) in [4.78, 5) is 0. The van der Waals surface area contributed by atoms with Gasteiger partial charge in [-0.2, -0.15) is 0 Å². The molecule has 0 fully saturated rings. The van der Waals surface area contributed by atoms with Gasteiger partial charge in [-0.3, -0.25) is 4.72 Å². The van der Waals surface area contributed by atoms with E-state index >= 15 is 0 Å². The van der Waals surface area contributed by atoms with Crippen molar-refractivity contribution < 1.29 is 13.5 Å². The third-order valence-electron chi connectivity index (χ3n) is 2.03.